The average Bonchev–Trinajstić information content (AvgIpc) is 3.25. The Bertz CT molecular complexity index is 1110. The molecule has 1 saturated heterocycles. The van der Waals surface area contributed by atoms with Crippen LogP contribution in [0, 0.1) is 6.92 Å². The molecule has 0 spiro atoms. The molecule has 0 saturated carbocycles. The van der Waals surface area contributed by atoms with Gasteiger partial charge in [0.25, 0.3) is 5.91 Å². The molecule has 168 valence electrons. The molecule has 1 aliphatic heterocycles. The van der Waals surface area contributed by atoms with Gasteiger partial charge in [0.05, 0.1) is 9.90 Å². The van der Waals surface area contributed by atoms with Gasteiger partial charge in [-0.25, -0.2) is 0 Å². The van der Waals surface area contributed by atoms with Crippen molar-refractivity contribution in [3.8, 4) is 5.75 Å². The second-order valence-corrected chi connectivity index (χ2v) is 10.0. The third-order valence-electron chi connectivity index (χ3n) is 5.41. The molecule has 0 bridgehead atoms. The fourth-order valence-corrected chi connectivity index (χ4v) is 5.11. The average molecular weight is 510 g/mol. The molecular weight excluding hydrogens is 487 g/mol. The molecule has 1 amide bonds. The lowest BCUT2D eigenvalue weighted by Gasteiger charge is -2.34. The first-order chi connectivity index (χ1) is 15.4. The Morgan fingerprint density at radius 3 is 2.53 bits per heavy atom. The molecular formula is C24H23Cl3N2O2S. The molecule has 2 heterocycles. The summed E-state index contributed by atoms with van der Waals surface area (Å²) in [4.78, 5) is 17.9. The predicted molar refractivity (Wildman–Crippen MR) is 132 cm³/mol. The summed E-state index contributed by atoms with van der Waals surface area (Å²) >= 11 is 19.9. The molecule has 0 atom stereocenters. The lowest BCUT2D eigenvalue weighted by Crippen LogP contribution is -2.48. The monoisotopic (exact) mass is 508 g/mol. The van der Waals surface area contributed by atoms with Crippen LogP contribution in [0.1, 0.15) is 26.4 Å². The lowest BCUT2D eigenvalue weighted by atomic mass is 10.2. The first-order valence-electron chi connectivity index (χ1n) is 10.3. The highest BCUT2D eigenvalue weighted by Crippen LogP contribution is 2.27. The smallest absolute Gasteiger partial charge is 0.264 e. The van der Waals surface area contributed by atoms with Gasteiger partial charge < -0.3 is 9.64 Å². The summed E-state index contributed by atoms with van der Waals surface area (Å²) in [5.74, 6) is 0.724. The molecule has 1 aliphatic rings. The van der Waals surface area contributed by atoms with Crippen LogP contribution in [0.25, 0.3) is 0 Å². The summed E-state index contributed by atoms with van der Waals surface area (Å²) in [7, 11) is 0. The Kier molecular flexibility index (Phi) is 7.64. The topological polar surface area (TPSA) is 32.8 Å². The molecule has 4 rings (SSSR count). The molecule has 8 heteroatoms. The first-order valence-corrected chi connectivity index (χ1v) is 12.3. The van der Waals surface area contributed by atoms with Crippen LogP contribution in [-0.2, 0) is 13.2 Å². The number of ether oxygens (including phenoxy) is 1. The number of hydrogen-bond donors (Lipinski definition) is 0. The maximum absolute atomic E-state index is 13.0. The number of nitrogens with zero attached hydrogens (tertiary/aromatic N) is 2. The largest absolute Gasteiger partial charge is 0.487 e. The Labute approximate surface area is 207 Å². The fraction of sp³-hybridized carbons (Fsp3) is 0.292. The minimum Gasteiger partial charge on any atom is -0.487 e. The van der Waals surface area contributed by atoms with Crippen molar-refractivity contribution in [2.75, 3.05) is 26.2 Å². The van der Waals surface area contributed by atoms with Crippen LogP contribution in [-0.4, -0.2) is 41.9 Å². The van der Waals surface area contributed by atoms with Crippen molar-refractivity contribution < 1.29 is 9.53 Å². The Morgan fingerprint density at radius 2 is 1.78 bits per heavy atom. The minimum atomic E-state index is 0.0685. The van der Waals surface area contributed by atoms with Gasteiger partial charge in [-0.2, -0.15) is 0 Å². The van der Waals surface area contributed by atoms with E-state index in [2.05, 4.69) is 4.90 Å². The van der Waals surface area contributed by atoms with Gasteiger partial charge in [-0.3, -0.25) is 9.69 Å². The van der Waals surface area contributed by atoms with Gasteiger partial charge in [0.1, 0.15) is 12.4 Å². The van der Waals surface area contributed by atoms with E-state index >= 15 is 0 Å². The number of benzene rings is 2. The Hall–Kier alpha value is -1.76. The number of rotatable bonds is 6. The number of aryl methyl sites for hydroxylation is 1. The summed E-state index contributed by atoms with van der Waals surface area (Å²) in [5, 5.41) is 3.86. The summed E-state index contributed by atoms with van der Waals surface area (Å²) in [6.45, 7) is 6.10. The van der Waals surface area contributed by atoms with Crippen LogP contribution in [0.4, 0.5) is 0 Å². The van der Waals surface area contributed by atoms with Gasteiger partial charge in [0.2, 0.25) is 0 Å². The van der Waals surface area contributed by atoms with E-state index in [-0.39, 0.29) is 5.91 Å². The zero-order valence-corrected chi connectivity index (χ0v) is 20.7. The van der Waals surface area contributed by atoms with Gasteiger partial charge in [-0.1, -0.05) is 46.9 Å². The highest BCUT2D eigenvalue weighted by atomic mass is 35.5. The molecule has 1 fully saturated rings. The summed E-state index contributed by atoms with van der Waals surface area (Å²) in [6, 6.07) is 13.2. The number of hydrogen-bond acceptors (Lipinski definition) is 4. The van der Waals surface area contributed by atoms with E-state index in [1.165, 1.54) is 11.3 Å². The van der Waals surface area contributed by atoms with Gasteiger partial charge in [0, 0.05) is 48.3 Å². The zero-order chi connectivity index (χ0) is 22.7. The van der Waals surface area contributed by atoms with Crippen LogP contribution in [0.3, 0.4) is 0 Å². The number of carbonyl (C=O) groups is 1. The zero-order valence-electron chi connectivity index (χ0n) is 17.6. The van der Waals surface area contributed by atoms with Crippen LogP contribution < -0.4 is 4.74 Å². The van der Waals surface area contributed by atoms with Gasteiger partial charge in [-0.05, 0) is 53.8 Å². The molecule has 0 N–H and O–H groups in total. The highest BCUT2D eigenvalue weighted by Gasteiger charge is 2.23. The van der Waals surface area contributed by atoms with E-state index in [1.54, 1.807) is 6.07 Å². The second kappa shape index (κ2) is 10.4. The number of thiophene rings is 1. The SMILES string of the molecule is Cc1ccc(Cl)c(OCc2csc(C(=O)N3CCN(Cc4ccc(Cl)cc4Cl)CC3)c2)c1. The van der Waals surface area contributed by atoms with Crippen LogP contribution in [0.5, 0.6) is 5.75 Å². The maximum atomic E-state index is 13.0. The van der Waals surface area contributed by atoms with Gasteiger partial charge >= 0.3 is 0 Å². The molecule has 32 heavy (non-hydrogen) atoms. The quantitative estimate of drug-likeness (QED) is 0.377. The van der Waals surface area contributed by atoms with Crippen molar-refractivity contribution in [1.29, 1.82) is 0 Å². The molecule has 2 aromatic carbocycles. The number of carbonyl (C=O) groups excluding carboxylic acids is 1. The van der Waals surface area contributed by atoms with Crippen molar-refractivity contribution in [2.24, 2.45) is 0 Å². The standard InChI is InChI=1S/C24H23Cl3N2O2S/c1-16-2-5-20(26)22(10-16)31-14-17-11-23(32-15-17)24(30)29-8-6-28(7-9-29)13-18-3-4-19(25)12-21(18)27/h2-5,10-12,15H,6-9,13-14H2,1H3. The molecule has 1 aromatic heterocycles. The van der Waals surface area contributed by atoms with E-state index in [0.717, 1.165) is 41.2 Å². The summed E-state index contributed by atoms with van der Waals surface area (Å²) < 4.78 is 5.85. The van der Waals surface area contributed by atoms with E-state index in [0.29, 0.717) is 40.5 Å². The molecule has 0 radical (unpaired) electrons. The number of amides is 1. The Morgan fingerprint density at radius 1 is 1.00 bits per heavy atom. The van der Waals surface area contributed by atoms with E-state index in [9.17, 15) is 4.79 Å². The predicted octanol–water partition coefficient (Wildman–Crippen LogP) is 6.55. The van der Waals surface area contributed by atoms with Crippen LogP contribution in [0.2, 0.25) is 15.1 Å². The third-order valence-corrected chi connectivity index (χ3v) is 7.28. The van der Waals surface area contributed by atoms with Crippen molar-refractivity contribution in [3.05, 3.63) is 84.5 Å². The van der Waals surface area contributed by atoms with E-state index < -0.39 is 0 Å². The third kappa shape index (κ3) is 5.77. The number of piperazine rings is 1. The summed E-state index contributed by atoms with van der Waals surface area (Å²) in [5.41, 5.74) is 3.10. The van der Waals surface area contributed by atoms with Gasteiger partial charge in [0.15, 0.2) is 0 Å². The molecule has 0 unspecified atom stereocenters. The Balaban J connectivity index is 1.30. The lowest BCUT2D eigenvalue weighted by molar-refractivity contribution is 0.0633. The van der Waals surface area contributed by atoms with Crippen LogP contribution in [0.15, 0.2) is 47.8 Å². The van der Waals surface area contributed by atoms with Crippen molar-refractivity contribution in [3.63, 3.8) is 0 Å². The maximum Gasteiger partial charge on any atom is 0.264 e. The fourth-order valence-electron chi connectivity index (χ4n) is 3.60. The van der Waals surface area contributed by atoms with Crippen molar-refractivity contribution in [2.45, 2.75) is 20.1 Å². The second-order valence-electron chi connectivity index (χ2n) is 7.85. The van der Waals surface area contributed by atoms with Crippen molar-refractivity contribution in [1.82, 2.24) is 9.80 Å². The van der Waals surface area contributed by atoms with Crippen molar-refractivity contribution >= 4 is 52.0 Å². The first kappa shape index (κ1) is 23.4. The van der Waals surface area contributed by atoms with E-state index in [4.69, 9.17) is 39.5 Å². The normalized spacial score (nSPS) is 14.6. The number of halogens is 3. The van der Waals surface area contributed by atoms with Gasteiger partial charge in [-0.15, -0.1) is 11.3 Å². The highest BCUT2D eigenvalue weighted by molar-refractivity contribution is 7.12. The molecule has 3 aromatic rings. The summed E-state index contributed by atoms with van der Waals surface area (Å²) in [6.07, 6.45) is 0. The van der Waals surface area contributed by atoms with Crippen LogP contribution >= 0.6 is 46.1 Å². The van der Waals surface area contributed by atoms with E-state index in [1.807, 2.05) is 53.6 Å². The molecule has 0 aliphatic carbocycles. The minimum absolute atomic E-state index is 0.0685. The molecule has 4 nitrogen and oxygen atoms in total.